The third-order valence-corrected chi connectivity index (χ3v) is 6.90. The molecule has 162 valence electrons. The molecule has 1 aliphatic carbocycles. The second-order valence-electron chi connectivity index (χ2n) is 9.05. The monoisotopic (exact) mass is 419 g/mol. The largest absolute Gasteiger partial charge is 0.494 e. The van der Waals surface area contributed by atoms with E-state index in [2.05, 4.69) is 23.5 Å². The van der Waals surface area contributed by atoms with Crippen molar-refractivity contribution in [2.75, 3.05) is 6.61 Å². The molecule has 1 N–H and O–H groups in total. The number of imide groups is 1. The van der Waals surface area contributed by atoms with Crippen LogP contribution in [0.3, 0.4) is 0 Å². The van der Waals surface area contributed by atoms with E-state index in [1.807, 2.05) is 12.1 Å². The van der Waals surface area contributed by atoms with Crippen LogP contribution in [0.4, 0.5) is 0 Å². The van der Waals surface area contributed by atoms with Gasteiger partial charge in [0.05, 0.1) is 18.8 Å². The number of carbonyl (C=O) groups excluding carboxylic acids is 2. The lowest BCUT2D eigenvalue weighted by molar-refractivity contribution is -0.134. The molecule has 1 aliphatic heterocycles. The van der Waals surface area contributed by atoms with Crippen molar-refractivity contribution in [3.63, 3.8) is 0 Å². The molecule has 2 aromatic carbocycles. The van der Waals surface area contributed by atoms with Gasteiger partial charge in [-0.15, -0.1) is 0 Å². The first-order valence-corrected chi connectivity index (χ1v) is 11.6. The smallest absolute Gasteiger partial charge is 0.234 e. The number of rotatable bonds is 6. The van der Waals surface area contributed by atoms with Gasteiger partial charge in [-0.3, -0.25) is 14.9 Å². The Morgan fingerprint density at radius 1 is 1.00 bits per heavy atom. The molecule has 0 unspecified atom stereocenters. The van der Waals surface area contributed by atoms with Crippen molar-refractivity contribution in [1.82, 2.24) is 5.32 Å². The maximum absolute atomic E-state index is 12.3. The van der Waals surface area contributed by atoms with Gasteiger partial charge in [-0.2, -0.15) is 0 Å². The van der Waals surface area contributed by atoms with Crippen molar-refractivity contribution in [2.24, 2.45) is 5.92 Å². The Labute approximate surface area is 182 Å². The number of ether oxygens (including phenoxy) is 1. The predicted octanol–water partition coefficient (Wildman–Crippen LogP) is 5.85. The van der Waals surface area contributed by atoms with E-state index in [9.17, 15) is 9.59 Å². The molecule has 1 aromatic heterocycles. The van der Waals surface area contributed by atoms with Gasteiger partial charge in [0.1, 0.15) is 11.3 Å². The van der Waals surface area contributed by atoms with Crippen LogP contribution < -0.4 is 10.1 Å². The Kier molecular flexibility index (Phi) is 5.66. The van der Waals surface area contributed by atoms with E-state index < -0.39 is 0 Å². The van der Waals surface area contributed by atoms with E-state index in [1.54, 1.807) is 6.26 Å². The lowest BCUT2D eigenvalue weighted by Crippen LogP contribution is -2.39. The third-order valence-electron chi connectivity index (χ3n) is 6.90. The summed E-state index contributed by atoms with van der Waals surface area (Å²) in [5.41, 5.74) is 1.61. The average molecular weight is 420 g/mol. The van der Waals surface area contributed by atoms with Crippen LogP contribution in [0, 0.1) is 5.92 Å². The number of amides is 2. The zero-order valence-corrected chi connectivity index (χ0v) is 17.8. The van der Waals surface area contributed by atoms with Gasteiger partial charge in [0.25, 0.3) is 0 Å². The summed E-state index contributed by atoms with van der Waals surface area (Å²) in [5, 5.41) is 5.51. The van der Waals surface area contributed by atoms with E-state index >= 15 is 0 Å². The zero-order valence-electron chi connectivity index (χ0n) is 17.8. The molecule has 2 fully saturated rings. The van der Waals surface area contributed by atoms with Crippen LogP contribution in [-0.4, -0.2) is 18.4 Å². The molecule has 31 heavy (non-hydrogen) atoms. The van der Waals surface area contributed by atoms with Gasteiger partial charge in [0, 0.05) is 17.4 Å². The number of benzene rings is 2. The fourth-order valence-electron chi connectivity index (χ4n) is 5.16. The molecule has 5 nitrogen and oxygen atoms in total. The molecule has 1 atom stereocenters. The van der Waals surface area contributed by atoms with E-state index in [1.165, 1.54) is 38.5 Å². The minimum absolute atomic E-state index is 0.204. The quantitative estimate of drug-likeness (QED) is 0.402. The molecule has 5 rings (SSSR count). The van der Waals surface area contributed by atoms with Crippen molar-refractivity contribution in [3.05, 3.63) is 42.2 Å². The fraction of sp³-hybridized carbons (Fsp3) is 0.462. The van der Waals surface area contributed by atoms with E-state index in [-0.39, 0.29) is 17.7 Å². The maximum Gasteiger partial charge on any atom is 0.234 e. The Morgan fingerprint density at radius 3 is 2.71 bits per heavy atom. The van der Waals surface area contributed by atoms with E-state index in [0.717, 1.165) is 52.0 Å². The van der Waals surface area contributed by atoms with Crippen LogP contribution >= 0.6 is 0 Å². The molecule has 1 saturated heterocycles. The van der Waals surface area contributed by atoms with Crippen LogP contribution in [0.5, 0.6) is 5.75 Å². The fourth-order valence-corrected chi connectivity index (χ4v) is 5.16. The molecule has 0 spiro atoms. The van der Waals surface area contributed by atoms with Crippen LogP contribution in [-0.2, 0) is 9.59 Å². The third kappa shape index (κ3) is 4.32. The molecule has 1 saturated carbocycles. The summed E-state index contributed by atoms with van der Waals surface area (Å²) in [6.07, 6.45) is 11.8. The molecule has 2 heterocycles. The van der Waals surface area contributed by atoms with Gasteiger partial charge in [0.15, 0.2) is 0 Å². The van der Waals surface area contributed by atoms with Crippen LogP contribution in [0.2, 0.25) is 0 Å². The summed E-state index contributed by atoms with van der Waals surface area (Å²) in [5.74, 6) is 0.963. The predicted molar refractivity (Wildman–Crippen MR) is 120 cm³/mol. The van der Waals surface area contributed by atoms with Gasteiger partial charge < -0.3 is 9.15 Å². The lowest BCUT2D eigenvalue weighted by Gasteiger charge is -2.21. The summed E-state index contributed by atoms with van der Waals surface area (Å²) >= 11 is 0. The highest BCUT2D eigenvalue weighted by Gasteiger charge is 2.30. The van der Waals surface area contributed by atoms with E-state index in [4.69, 9.17) is 9.15 Å². The standard InChI is InChI=1S/C26H29NO4/c28-25-11-10-21(26(29)27-25)23-16-31-24-15-18-8-9-20(13-19(18)14-22(23)24)30-12-4-7-17-5-2-1-3-6-17/h8-9,13-17,21H,1-7,10-12H2,(H,27,28,29)/t21-/m1/s1. The number of nitrogens with one attached hydrogen (secondary N) is 1. The number of carbonyl (C=O) groups is 2. The lowest BCUT2D eigenvalue weighted by atomic mass is 9.86. The summed E-state index contributed by atoms with van der Waals surface area (Å²) in [7, 11) is 0. The summed E-state index contributed by atoms with van der Waals surface area (Å²) in [4.78, 5) is 23.8. The maximum atomic E-state index is 12.3. The van der Waals surface area contributed by atoms with Crippen molar-refractivity contribution in [3.8, 4) is 5.75 Å². The van der Waals surface area contributed by atoms with Gasteiger partial charge in [-0.05, 0) is 60.2 Å². The Morgan fingerprint density at radius 2 is 1.87 bits per heavy atom. The second-order valence-corrected chi connectivity index (χ2v) is 9.05. The topological polar surface area (TPSA) is 68.5 Å². The zero-order chi connectivity index (χ0) is 21.2. The van der Waals surface area contributed by atoms with Gasteiger partial charge in [-0.25, -0.2) is 0 Å². The molecule has 0 radical (unpaired) electrons. The summed E-state index contributed by atoms with van der Waals surface area (Å²) < 4.78 is 11.8. The molecule has 0 bridgehead atoms. The number of furan rings is 1. The van der Waals surface area contributed by atoms with Crippen molar-refractivity contribution in [1.29, 1.82) is 0 Å². The highest BCUT2D eigenvalue weighted by molar-refractivity contribution is 6.04. The molecule has 5 heteroatoms. The minimum Gasteiger partial charge on any atom is -0.494 e. The second kappa shape index (κ2) is 8.74. The van der Waals surface area contributed by atoms with Crippen molar-refractivity contribution in [2.45, 2.75) is 63.7 Å². The Hall–Kier alpha value is -2.82. The minimum atomic E-state index is -0.351. The molecule has 2 aliphatic rings. The number of hydrogen-bond donors (Lipinski definition) is 1. The molecular formula is C26H29NO4. The first-order valence-electron chi connectivity index (χ1n) is 11.6. The number of piperidine rings is 1. The normalized spacial score (nSPS) is 20.3. The Bertz CT molecular complexity index is 1110. The van der Waals surface area contributed by atoms with Crippen molar-refractivity contribution >= 4 is 33.6 Å². The number of hydrogen-bond acceptors (Lipinski definition) is 4. The summed E-state index contributed by atoms with van der Waals surface area (Å²) in [6.45, 7) is 0.748. The molecule has 2 amide bonds. The van der Waals surface area contributed by atoms with Crippen LogP contribution in [0.15, 0.2) is 41.0 Å². The summed E-state index contributed by atoms with van der Waals surface area (Å²) in [6, 6.07) is 10.2. The highest BCUT2D eigenvalue weighted by Crippen LogP contribution is 2.35. The van der Waals surface area contributed by atoms with Crippen molar-refractivity contribution < 1.29 is 18.7 Å². The van der Waals surface area contributed by atoms with Gasteiger partial charge >= 0.3 is 0 Å². The van der Waals surface area contributed by atoms with Crippen LogP contribution in [0.25, 0.3) is 21.7 Å². The molecular weight excluding hydrogens is 390 g/mol. The first kappa shape index (κ1) is 20.1. The Balaban J connectivity index is 1.31. The first-order chi connectivity index (χ1) is 15.2. The van der Waals surface area contributed by atoms with E-state index in [0.29, 0.717) is 12.8 Å². The van der Waals surface area contributed by atoms with Gasteiger partial charge in [0.2, 0.25) is 11.8 Å². The van der Waals surface area contributed by atoms with Crippen LogP contribution in [0.1, 0.15) is 69.3 Å². The SMILES string of the molecule is O=C1CC[C@H](c2coc3cc4ccc(OCCCC5CCCCC5)cc4cc23)C(=O)N1. The average Bonchev–Trinajstić information content (AvgIpc) is 3.18. The van der Waals surface area contributed by atoms with Gasteiger partial charge in [-0.1, -0.05) is 38.2 Å². The highest BCUT2D eigenvalue weighted by atomic mass is 16.5. The molecule has 3 aromatic rings. The number of fused-ring (bicyclic) bond motifs is 2.